The molecule has 2 aromatic carbocycles. The van der Waals surface area contributed by atoms with Crippen LogP contribution in [-0.2, 0) is 9.59 Å². The van der Waals surface area contributed by atoms with E-state index in [1.165, 1.54) is 11.0 Å². The monoisotopic (exact) mass is 494 g/mol. The Kier molecular flexibility index (Phi) is 9.13. The number of likely N-dealkylation sites (N-methyl/N-ethyl adjacent to an activating group) is 1. The van der Waals surface area contributed by atoms with Crippen molar-refractivity contribution in [3.8, 4) is 17.2 Å². The molecule has 1 unspecified atom stereocenters. The molecule has 36 heavy (non-hydrogen) atoms. The van der Waals surface area contributed by atoms with Crippen LogP contribution in [-0.4, -0.2) is 71.1 Å². The van der Waals surface area contributed by atoms with Crippen molar-refractivity contribution in [3.05, 3.63) is 71.8 Å². The molecule has 192 valence electrons. The van der Waals surface area contributed by atoms with E-state index in [2.05, 4.69) is 11.5 Å². The fourth-order valence-corrected chi connectivity index (χ4v) is 4.24. The third-order valence-electron chi connectivity index (χ3n) is 6.19. The van der Waals surface area contributed by atoms with Crippen LogP contribution in [0.4, 0.5) is 0 Å². The summed E-state index contributed by atoms with van der Waals surface area (Å²) < 4.78 is 11.0. The number of amides is 1. The number of nitrogens with zero attached hydrogens (tertiary/aromatic N) is 2. The highest BCUT2D eigenvalue weighted by atomic mass is 16.5. The number of benzene rings is 2. The zero-order valence-corrected chi connectivity index (χ0v) is 21.1. The average Bonchev–Trinajstić information content (AvgIpc) is 3.14. The van der Waals surface area contributed by atoms with Gasteiger partial charge >= 0.3 is 0 Å². The summed E-state index contributed by atoms with van der Waals surface area (Å²) in [6.07, 6.45) is 1.63. The molecule has 0 aliphatic carbocycles. The lowest BCUT2D eigenvalue weighted by atomic mass is 9.95. The zero-order valence-electron chi connectivity index (χ0n) is 21.1. The molecule has 1 amide bonds. The zero-order chi connectivity index (χ0) is 26.2. The number of Topliss-reactive ketones (excluding diaryl/α,β-unsaturated/α-hetero) is 1. The van der Waals surface area contributed by atoms with Crippen molar-refractivity contribution in [2.75, 3.05) is 39.4 Å². The maximum Gasteiger partial charge on any atom is 0.295 e. The lowest BCUT2D eigenvalue weighted by molar-refractivity contribution is -0.140. The van der Waals surface area contributed by atoms with E-state index in [0.717, 1.165) is 13.1 Å². The van der Waals surface area contributed by atoms with Crippen LogP contribution >= 0.6 is 0 Å². The van der Waals surface area contributed by atoms with Gasteiger partial charge in [-0.25, -0.2) is 0 Å². The number of hydrogen-bond acceptors (Lipinski definition) is 7. The Morgan fingerprint density at radius 1 is 1.08 bits per heavy atom. The largest absolute Gasteiger partial charge is 0.507 e. The summed E-state index contributed by atoms with van der Waals surface area (Å²) in [6, 6.07) is 10.5. The summed E-state index contributed by atoms with van der Waals surface area (Å²) in [6.45, 7) is 12.6. The molecule has 1 heterocycles. The van der Waals surface area contributed by atoms with Gasteiger partial charge in [0.05, 0.1) is 18.2 Å². The molecular formula is C28H34N2O6. The van der Waals surface area contributed by atoms with E-state index in [9.17, 15) is 19.8 Å². The predicted molar refractivity (Wildman–Crippen MR) is 138 cm³/mol. The van der Waals surface area contributed by atoms with Crippen molar-refractivity contribution >= 4 is 17.4 Å². The standard InChI is InChI=1S/C28H34N2O6/c1-5-17-36-21-12-9-19(10-13-21)26(32)24-25(20-11-14-22(31)23(18-20)35-8-4)30(28(34)27(24)33)16-15-29(6-2)7-3/h5,9-14,18,25,31-32H,1,6-8,15-17H2,2-4H3. The van der Waals surface area contributed by atoms with E-state index in [1.807, 2.05) is 13.8 Å². The number of likely N-dealkylation sites (tertiary alicyclic amines) is 1. The number of phenolic OH excluding ortho intramolecular Hbond substituents is 1. The number of hydrogen-bond donors (Lipinski definition) is 2. The molecule has 3 rings (SSSR count). The van der Waals surface area contributed by atoms with Gasteiger partial charge in [-0.05, 0) is 62.0 Å². The third kappa shape index (κ3) is 5.71. The molecule has 8 heteroatoms. The molecule has 8 nitrogen and oxygen atoms in total. The minimum atomic E-state index is -0.836. The molecule has 2 N–H and O–H groups in total. The number of aromatic hydroxyl groups is 1. The van der Waals surface area contributed by atoms with Gasteiger partial charge in [-0.15, -0.1) is 0 Å². The minimum Gasteiger partial charge on any atom is -0.507 e. The van der Waals surface area contributed by atoms with Crippen molar-refractivity contribution in [2.24, 2.45) is 0 Å². The summed E-state index contributed by atoms with van der Waals surface area (Å²) in [5.41, 5.74) is 0.937. The first-order valence-electron chi connectivity index (χ1n) is 12.2. The maximum atomic E-state index is 13.2. The number of aliphatic hydroxyl groups excluding tert-OH is 1. The van der Waals surface area contributed by atoms with Gasteiger partial charge < -0.3 is 29.5 Å². The van der Waals surface area contributed by atoms with E-state index in [1.54, 1.807) is 49.4 Å². The van der Waals surface area contributed by atoms with Crippen LogP contribution in [0.2, 0.25) is 0 Å². The van der Waals surface area contributed by atoms with Crippen LogP contribution in [0.25, 0.3) is 5.76 Å². The summed E-state index contributed by atoms with van der Waals surface area (Å²) in [4.78, 5) is 30.1. The average molecular weight is 495 g/mol. The van der Waals surface area contributed by atoms with Gasteiger partial charge in [0.15, 0.2) is 11.5 Å². The number of carbonyl (C=O) groups is 2. The van der Waals surface area contributed by atoms with E-state index in [-0.39, 0.29) is 22.8 Å². The van der Waals surface area contributed by atoms with Crippen LogP contribution < -0.4 is 9.47 Å². The van der Waals surface area contributed by atoms with Crippen molar-refractivity contribution in [1.29, 1.82) is 0 Å². The Morgan fingerprint density at radius 3 is 2.39 bits per heavy atom. The number of phenols is 1. The van der Waals surface area contributed by atoms with Gasteiger partial charge in [-0.3, -0.25) is 9.59 Å². The van der Waals surface area contributed by atoms with Crippen LogP contribution in [0.5, 0.6) is 17.2 Å². The smallest absolute Gasteiger partial charge is 0.295 e. The summed E-state index contributed by atoms with van der Waals surface area (Å²) >= 11 is 0. The minimum absolute atomic E-state index is 0.00700. The summed E-state index contributed by atoms with van der Waals surface area (Å²) in [5.74, 6) is -0.919. The van der Waals surface area contributed by atoms with Crippen LogP contribution in [0, 0.1) is 0 Å². The topological polar surface area (TPSA) is 99.5 Å². The molecule has 0 aromatic heterocycles. The van der Waals surface area contributed by atoms with E-state index in [0.29, 0.717) is 43.2 Å². The molecule has 1 aliphatic heterocycles. The molecule has 1 aliphatic rings. The second-order valence-electron chi connectivity index (χ2n) is 8.30. The second-order valence-corrected chi connectivity index (χ2v) is 8.30. The van der Waals surface area contributed by atoms with Gasteiger partial charge in [-0.1, -0.05) is 32.6 Å². The highest BCUT2D eigenvalue weighted by Gasteiger charge is 2.46. The van der Waals surface area contributed by atoms with Gasteiger partial charge in [-0.2, -0.15) is 0 Å². The molecule has 2 aromatic rings. The number of carbonyl (C=O) groups excluding carboxylic acids is 2. The molecular weight excluding hydrogens is 460 g/mol. The van der Waals surface area contributed by atoms with Crippen molar-refractivity contribution in [1.82, 2.24) is 9.80 Å². The van der Waals surface area contributed by atoms with Crippen LogP contribution in [0.1, 0.15) is 37.9 Å². The van der Waals surface area contributed by atoms with Crippen LogP contribution in [0.3, 0.4) is 0 Å². The van der Waals surface area contributed by atoms with Crippen molar-refractivity contribution < 1.29 is 29.3 Å². The molecule has 1 atom stereocenters. The lowest BCUT2D eigenvalue weighted by Gasteiger charge is -2.28. The summed E-state index contributed by atoms with van der Waals surface area (Å²) in [5, 5.41) is 21.5. The number of ether oxygens (including phenoxy) is 2. The van der Waals surface area contributed by atoms with Crippen molar-refractivity contribution in [3.63, 3.8) is 0 Å². The van der Waals surface area contributed by atoms with Gasteiger partial charge in [0, 0.05) is 18.7 Å². The first-order chi connectivity index (χ1) is 17.4. The third-order valence-corrected chi connectivity index (χ3v) is 6.19. The summed E-state index contributed by atoms with van der Waals surface area (Å²) in [7, 11) is 0. The Bertz CT molecular complexity index is 1120. The molecule has 0 radical (unpaired) electrons. The van der Waals surface area contributed by atoms with E-state index >= 15 is 0 Å². The Balaban J connectivity index is 2.09. The first-order valence-corrected chi connectivity index (χ1v) is 12.2. The van der Waals surface area contributed by atoms with Gasteiger partial charge in [0.25, 0.3) is 11.7 Å². The number of aliphatic hydroxyl groups is 1. The van der Waals surface area contributed by atoms with E-state index in [4.69, 9.17) is 9.47 Å². The van der Waals surface area contributed by atoms with Crippen LogP contribution in [0.15, 0.2) is 60.7 Å². The fraction of sp³-hybridized carbons (Fsp3) is 0.357. The molecule has 1 saturated heterocycles. The number of rotatable bonds is 12. The first kappa shape index (κ1) is 26.8. The van der Waals surface area contributed by atoms with Gasteiger partial charge in [0.1, 0.15) is 18.1 Å². The second kappa shape index (κ2) is 12.3. The maximum absolute atomic E-state index is 13.2. The Labute approximate surface area is 212 Å². The fourth-order valence-electron chi connectivity index (χ4n) is 4.24. The molecule has 1 fully saturated rings. The number of ketones is 1. The molecule has 0 saturated carbocycles. The SMILES string of the molecule is C=CCOc1ccc(C(O)=C2C(=O)C(=O)N(CCN(CC)CC)C2c2ccc(O)c(OCC)c2)cc1. The normalized spacial score (nSPS) is 17.0. The van der Waals surface area contributed by atoms with Crippen molar-refractivity contribution in [2.45, 2.75) is 26.8 Å². The quantitative estimate of drug-likeness (QED) is 0.198. The Morgan fingerprint density at radius 2 is 1.78 bits per heavy atom. The van der Waals surface area contributed by atoms with Gasteiger partial charge in [0.2, 0.25) is 0 Å². The lowest BCUT2D eigenvalue weighted by Crippen LogP contribution is -2.38. The predicted octanol–water partition coefficient (Wildman–Crippen LogP) is 4.12. The highest BCUT2D eigenvalue weighted by Crippen LogP contribution is 2.41. The molecule has 0 spiro atoms. The van der Waals surface area contributed by atoms with E-state index < -0.39 is 17.7 Å². The molecule has 0 bridgehead atoms. The highest BCUT2D eigenvalue weighted by molar-refractivity contribution is 6.46. The Hall–Kier alpha value is -3.78.